The molecule has 0 saturated heterocycles. The lowest BCUT2D eigenvalue weighted by molar-refractivity contribution is -0.225. The van der Waals surface area contributed by atoms with Gasteiger partial charge in [0.2, 0.25) is 0 Å². The number of aliphatic carboxylic acids is 1. The molecule has 0 bridgehead atoms. The molecular weight excluding hydrogens is 305 g/mol. The fourth-order valence-electron chi connectivity index (χ4n) is 1.17. The number of carboxylic acids is 1. The molecule has 0 heterocycles. The Hall–Kier alpha value is -1.08. The Bertz CT molecular complexity index is 389. The van der Waals surface area contributed by atoms with Gasteiger partial charge in [0.05, 0.1) is 0 Å². The fraction of sp³-hybridized carbons (Fsp3) is 0.300. The zero-order valence-electron chi connectivity index (χ0n) is 8.37. The van der Waals surface area contributed by atoms with Gasteiger partial charge in [-0.2, -0.15) is 13.2 Å². The number of rotatable bonds is 4. The Kier molecular flexibility index (Phi) is 4.53. The van der Waals surface area contributed by atoms with Gasteiger partial charge in [0.25, 0.3) is 0 Å². The number of halogens is 4. The predicted octanol–water partition coefficient (Wildman–Crippen LogP) is 3.15. The molecule has 0 aliphatic carbocycles. The van der Waals surface area contributed by atoms with Crippen LogP contribution in [-0.4, -0.2) is 23.9 Å². The van der Waals surface area contributed by atoms with E-state index in [1.807, 2.05) is 0 Å². The van der Waals surface area contributed by atoms with Crippen LogP contribution in [-0.2, 0) is 9.53 Å². The first-order valence-corrected chi connectivity index (χ1v) is 5.25. The summed E-state index contributed by atoms with van der Waals surface area (Å²) in [5, 5.41) is 8.32. The first-order chi connectivity index (χ1) is 7.80. The van der Waals surface area contributed by atoms with Crippen molar-refractivity contribution in [3.05, 3.63) is 34.3 Å². The van der Waals surface area contributed by atoms with E-state index in [0.717, 1.165) is 0 Å². The summed E-state index contributed by atoms with van der Waals surface area (Å²) in [5.41, 5.74) is -0.137. The molecule has 0 spiro atoms. The first kappa shape index (κ1) is 14.0. The summed E-state index contributed by atoms with van der Waals surface area (Å²) < 4.78 is 42.9. The minimum atomic E-state index is -4.65. The standard InChI is InChI=1S/C10H8BrF3O3/c11-7-3-1-6(2-4-7)9(10(12,13)14)17-5-8(15)16/h1-4,9H,5H2,(H,15,16)/t9-/m1/s1. The lowest BCUT2D eigenvalue weighted by Crippen LogP contribution is -2.25. The van der Waals surface area contributed by atoms with Crippen molar-refractivity contribution in [2.24, 2.45) is 0 Å². The maximum atomic E-state index is 12.6. The highest BCUT2D eigenvalue weighted by Crippen LogP contribution is 2.36. The van der Waals surface area contributed by atoms with E-state index in [1.165, 1.54) is 24.3 Å². The minimum absolute atomic E-state index is 0.137. The normalized spacial score (nSPS) is 13.4. The summed E-state index contributed by atoms with van der Waals surface area (Å²) in [7, 11) is 0. The number of hydrogen-bond donors (Lipinski definition) is 1. The van der Waals surface area contributed by atoms with Gasteiger partial charge in [0.15, 0.2) is 6.10 Å². The summed E-state index contributed by atoms with van der Waals surface area (Å²) >= 11 is 3.09. The van der Waals surface area contributed by atoms with E-state index >= 15 is 0 Å². The molecule has 1 N–H and O–H groups in total. The Morgan fingerprint density at radius 3 is 2.29 bits per heavy atom. The molecule has 0 fully saturated rings. The van der Waals surface area contributed by atoms with Crippen molar-refractivity contribution in [1.29, 1.82) is 0 Å². The summed E-state index contributed by atoms with van der Waals surface area (Å²) in [6.07, 6.45) is -6.88. The summed E-state index contributed by atoms with van der Waals surface area (Å²) in [4.78, 5) is 10.2. The zero-order chi connectivity index (χ0) is 13.1. The van der Waals surface area contributed by atoms with Crippen LogP contribution in [0.4, 0.5) is 13.2 Å². The third-order valence-electron chi connectivity index (χ3n) is 1.84. The van der Waals surface area contributed by atoms with Gasteiger partial charge in [0.1, 0.15) is 6.61 Å². The van der Waals surface area contributed by atoms with E-state index < -0.39 is 24.9 Å². The molecule has 94 valence electrons. The average Bonchev–Trinajstić information content (AvgIpc) is 2.18. The Morgan fingerprint density at radius 2 is 1.88 bits per heavy atom. The zero-order valence-corrected chi connectivity index (χ0v) is 9.96. The van der Waals surface area contributed by atoms with Gasteiger partial charge in [-0.3, -0.25) is 0 Å². The van der Waals surface area contributed by atoms with Crippen molar-refractivity contribution in [3.8, 4) is 0 Å². The maximum Gasteiger partial charge on any atom is 0.418 e. The number of alkyl halides is 3. The summed E-state index contributed by atoms with van der Waals surface area (Å²) in [5.74, 6) is -1.45. The topological polar surface area (TPSA) is 46.5 Å². The molecule has 0 aliphatic heterocycles. The molecule has 1 aromatic carbocycles. The smallest absolute Gasteiger partial charge is 0.418 e. The van der Waals surface area contributed by atoms with E-state index in [9.17, 15) is 18.0 Å². The molecule has 7 heteroatoms. The average molecular weight is 313 g/mol. The number of hydrogen-bond acceptors (Lipinski definition) is 2. The van der Waals surface area contributed by atoms with Crippen molar-refractivity contribution in [3.63, 3.8) is 0 Å². The highest BCUT2D eigenvalue weighted by atomic mass is 79.9. The van der Waals surface area contributed by atoms with Crippen molar-refractivity contribution in [2.75, 3.05) is 6.61 Å². The first-order valence-electron chi connectivity index (χ1n) is 4.46. The molecule has 17 heavy (non-hydrogen) atoms. The molecule has 0 radical (unpaired) electrons. The number of benzene rings is 1. The Morgan fingerprint density at radius 1 is 1.35 bits per heavy atom. The molecule has 1 atom stereocenters. The predicted molar refractivity (Wildman–Crippen MR) is 56.5 cm³/mol. The van der Waals surface area contributed by atoms with Gasteiger partial charge in [0, 0.05) is 4.47 Å². The van der Waals surface area contributed by atoms with Crippen molar-refractivity contribution >= 4 is 21.9 Å². The van der Waals surface area contributed by atoms with Crippen LogP contribution in [0.1, 0.15) is 11.7 Å². The molecule has 0 unspecified atom stereocenters. The van der Waals surface area contributed by atoms with Crippen LogP contribution in [0, 0.1) is 0 Å². The quantitative estimate of drug-likeness (QED) is 0.929. The largest absolute Gasteiger partial charge is 0.480 e. The van der Waals surface area contributed by atoms with Crippen molar-refractivity contribution in [1.82, 2.24) is 0 Å². The van der Waals surface area contributed by atoms with Crippen LogP contribution in [0.5, 0.6) is 0 Å². The van der Waals surface area contributed by atoms with Crippen molar-refractivity contribution < 1.29 is 27.8 Å². The van der Waals surface area contributed by atoms with E-state index in [0.29, 0.717) is 4.47 Å². The molecule has 0 amide bonds. The van der Waals surface area contributed by atoms with Crippen molar-refractivity contribution in [2.45, 2.75) is 12.3 Å². The van der Waals surface area contributed by atoms with Gasteiger partial charge in [-0.1, -0.05) is 28.1 Å². The number of carboxylic acid groups (broad SMARTS) is 1. The molecular formula is C10H8BrF3O3. The molecule has 0 aliphatic rings. The third kappa shape index (κ3) is 4.35. The van der Waals surface area contributed by atoms with Gasteiger partial charge in [-0.25, -0.2) is 4.79 Å². The lowest BCUT2D eigenvalue weighted by Gasteiger charge is -2.20. The van der Waals surface area contributed by atoms with Crippen LogP contribution in [0.15, 0.2) is 28.7 Å². The second-order valence-electron chi connectivity index (χ2n) is 3.18. The van der Waals surface area contributed by atoms with Crippen LogP contribution in [0.3, 0.4) is 0 Å². The Labute approximate surface area is 103 Å². The monoisotopic (exact) mass is 312 g/mol. The van der Waals surface area contributed by atoms with E-state index in [-0.39, 0.29) is 5.56 Å². The van der Waals surface area contributed by atoms with E-state index in [4.69, 9.17) is 5.11 Å². The van der Waals surface area contributed by atoms with Crippen LogP contribution in [0.2, 0.25) is 0 Å². The summed E-state index contributed by atoms with van der Waals surface area (Å²) in [6.45, 7) is -1.000. The van der Waals surface area contributed by atoms with Gasteiger partial charge in [-0.05, 0) is 17.7 Å². The van der Waals surface area contributed by atoms with E-state index in [1.54, 1.807) is 0 Å². The molecule has 0 aromatic heterocycles. The van der Waals surface area contributed by atoms with Crippen LogP contribution in [0.25, 0.3) is 0 Å². The third-order valence-corrected chi connectivity index (χ3v) is 2.37. The molecule has 0 saturated carbocycles. The highest BCUT2D eigenvalue weighted by Gasteiger charge is 2.42. The molecule has 3 nitrogen and oxygen atoms in total. The van der Waals surface area contributed by atoms with Gasteiger partial charge in [-0.15, -0.1) is 0 Å². The highest BCUT2D eigenvalue weighted by molar-refractivity contribution is 9.10. The Balaban J connectivity index is 2.90. The van der Waals surface area contributed by atoms with Gasteiger partial charge < -0.3 is 9.84 Å². The SMILES string of the molecule is O=C(O)CO[C@H](c1ccc(Br)cc1)C(F)(F)F. The maximum absolute atomic E-state index is 12.6. The van der Waals surface area contributed by atoms with Crippen LogP contribution < -0.4 is 0 Å². The number of carbonyl (C=O) groups is 1. The minimum Gasteiger partial charge on any atom is -0.480 e. The second-order valence-corrected chi connectivity index (χ2v) is 4.09. The van der Waals surface area contributed by atoms with E-state index in [2.05, 4.69) is 20.7 Å². The summed E-state index contributed by atoms with van der Waals surface area (Å²) in [6, 6.07) is 5.31. The fourth-order valence-corrected chi connectivity index (χ4v) is 1.44. The molecule has 1 rings (SSSR count). The molecule has 1 aromatic rings. The van der Waals surface area contributed by atoms with Crippen LogP contribution >= 0.6 is 15.9 Å². The lowest BCUT2D eigenvalue weighted by atomic mass is 10.1. The number of ether oxygens (including phenoxy) is 1. The van der Waals surface area contributed by atoms with Gasteiger partial charge >= 0.3 is 12.1 Å². The second kappa shape index (κ2) is 5.50.